The molecule has 0 radical (unpaired) electrons. The van der Waals surface area contributed by atoms with Crippen LogP contribution in [-0.4, -0.2) is 22.2 Å². The summed E-state index contributed by atoms with van der Waals surface area (Å²) in [6.07, 6.45) is 64.0. The predicted octanol–water partition coefficient (Wildman–Crippen LogP) is 16.7. The summed E-state index contributed by atoms with van der Waals surface area (Å²) in [5.41, 5.74) is 0. The molecule has 4 nitrogen and oxygen atoms in total. The minimum atomic E-state index is -0.831. The lowest BCUT2D eigenvalue weighted by Gasteiger charge is -2.05. The van der Waals surface area contributed by atoms with Gasteiger partial charge in [0.15, 0.2) is 0 Å². The summed E-state index contributed by atoms with van der Waals surface area (Å²) < 4.78 is 0. The zero-order valence-corrected chi connectivity index (χ0v) is 34.7. The molecule has 306 valence electrons. The monoisotopic (exact) mass is 731 g/mol. The summed E-state index contributed by atoms with van der Waals surface area (Å²) in [7, 11) is 0. The van der Waals surface area contributed by atoms with E-state index in [0.29, 0.717) is 0 Å². The third kappa shape index (κ3) is 48.4. The van der Waals surface area contributed by atoms with Crippen LogP contribution < -0.4 is 0 Å². The van der Waals surface area contributed by atoms with Gasteiger partial charge in [0.25, 0.3) is 0 Å². The van der Waals surface area contributed by atoms with Crippen LogP contribution in [0.5, 0.6) is 0 Å². The molecule has 0 atom stereocenters. The number of hydrogen-bond acceptors (Lipinski definition) is 2. The highest BCUT2D eigenvalue weighted by molar-refractivity contribution is 5.79. The van der Waals surface area contributed by atoms with E-state index in [1.54, 1.807) is 12.2 Å². The summed E-state index contributed by atoms with van der Waals surface area (Å²) in [6.45, 7) is 0. The number of aliphatic carboxylic acids is 2. The first-order chi connectivity index (χ1) is 25.6. The third-order valence-electron chi connectivity index (χ3n) is 11.0. The van der Waals surface area contributed by atoms with Crippen molar-refractivity contribution in [3.05, 3.63) is 24.3 Å². The number of carboxylic acid groups (broad SMARTS) is 2. The second-order valence-corrected chi connectivity index (χ2v) is 16.2. The van der Waals surface area contributed by atoms with Crippen molar-refractivity contribution >= 4 is 11.9 Å². The van der Waals surface area contributed by atoms with Crippen LogP contribution in [-0.2, 0) is 9.59 Å². The zero-order chi connectivity index (χ0) is 37.7. The standard InChI is InChI=1S/C48H90O4/c49-47(50)45-43-41-39-37-35-33-31-29-27-25-23-21-19-17-15-13-11-9-7-5-3-1-2-4-6-8-10-12-14-16-18-20-22-24-26-28-30-32-34-36-38-40-42-44-46-48(51)52/h43-46H,1-42H2,(H,49,50)(H,51,52). The van der Waals surface area contributed by atoms with Crippen LogP contribution in [0.15, 0.2) is 24.3 Å². The van der Waals surface area contributed by atoms with E-state index in [4.69, 9.17) is 10.2 Å². The van der Waals surface area contributed by atoms with Crippen LogP contribution in [0.4, 0.5) is 0 Å². The third-order valence-corrected chi connectivity index (χ3v) is 11.0. The van der Waals surface area contributed by atoms with Crippen molar-refractivity contribution in [1.29, 1.82) is 0 Å². The van der Waals surface area contributed by atoms with Gasteiger partial charge in [0.2, 0.25) is 0 Å². The molecule has 0 bridgehead atoms. The molecule has 0 spiro atoms. The van der Waals surface area contributed by atoms with Crippen molar-refractivity contribution < 1.29 is 19.8 Å². The maximum absolute atomic E-state index is 10.4. The van der Waals surface area contributed by atoms with E-state index in [0.717, 1.165) is 25.7 Å². The van der Waals surface area contributed by atoms with Crippen LogP contribution in [0.2, 0.25) is 0 Å². The van der Waals surface area contributed by atoms with Crippen molar-refractivity contribution in [2.45, 2.75) is 270 Å². The number of hydrogen-bond donors (Lipinski definition) is 2. The summed E-state index contributed by atoms with van der Waals surface area (Å²) in [6, 6.07) is 0. The van der Waals surface area contributed by atoms with Gasteiger partial charge in [-0.2, -0.15) is 0 Å². The molecule has 0 unspecified atom stereocenters. The average molecular weight is 731 g/mol. The van der Waals surface area contributed by atoms with Gasteiger partial charge in [-0.15, -0.1) is 0 Å². The van der Waals surface area contributed by atoms with Gasteiger partial charge < -0.3 is 10.2 Å². The lowest BCUT2D eigenvalue weighted by Crippen LogP contribution is -1.86. The molecule has 2 N–H and O–H groups in total. The van der Waals surface area contributed by atoms with Gasteiger partial charge >= 0.3 is 11.9 Å². The summed E-state index contributed by atoms with van der Waals surface area (Å²) in [5.74, 6) is -1.66. The average Bonchev–Trinajstić information content (AvgIpc) is 3.12. The van der Waals surface area contributed by atoms with E-state index in [1.165, 1.54) is 256 Å². The van der Waals surface area contributed by atoms with Gasteiger partial charge in [-0.25, -0.2) is 9.59 Å². The molecule has 0 saturated heterocycles. The van der Waals surface area contributed by atoms with Crippen LogP contribution in [0.1, 0.15) is 270 Å². The summed E-state index contributed by atoms with van der Waals surface area (Å²) in [4.78, 5) is 20.8. The first-order valence-corrected chi connectivity index (χ1v) is 23.4. The Labute approximate surface area is 324 Å². The Hall–Kier alpha value is -1.58. The van der Waals surface area contributed by atoms with E-state index < -0.39 is 11.9 Å². The first-order valence-electron chi connectivity index (χ1n) is 23.4. The van der Waals surface area contributed by atoms with E-state index in [2.05, 4.69) is 0 Å². The van der Waals surface area contributed by atoms with Crippen LogP contribution in [0.25, 0.3) is 0 Å². The molecule has 0 rings (SSSR count). The predicted molar refractivity (Wildman–Crippen MR) is 227 cm³/mol. The van der Waals surface area contributed by atoms with Gasteiger partial charge in [-0.1, -0.05) is 256 Å². The van der Waals surface area contributed by atoms with Gasteiger partial charge in [-0.05, 0) is 25.7 Å². The number of rotatable bonds is 45. The molecule has 0 aromatic rings. The quantitative estimate of drug-likeness (QED) is 0.0483. The molecule has 0 aliphatic rings. The zero-order valence-electron chi connectivity index (χ0n) is 34.7. The molecule has 0 aliphatic heterocycles. The molecule has 0 saturated carbocycles. The summed E-state index contributed by atoms with van der Waals surface area (Å²) in [5, 5.41) is 17.1. The Kier molecular flexibility index (Phi) is 44.2. The fourth-order valence-electron chi connectivity index (χ4n) is 7.61. The number of carboxylic acids is 2. The Morgan fingerprint density at radius 3 is 0.462 bits per heavy atom. The molecular weight excluding hydrogens is 641 g/mol. The highest BCUT2D eigenvalue weighted by Gasteiger charge is 1.98. The molecule has 0 heterocycles. The molecular formula is C48H90O4. The Morgan fingerprint density at radius 1 is 0.231 bits per heavy atom. The molecule has 0 aromatic carbocycles. The van der Waals surface area contributed by atoms with E-state index >= 15 is 0 Å². The van der Waals surface area contributed by atoms with E-state index in [-0.39, 0.29) is 0 Å². The first kappa shape index (κ1) is 50.4. The molecule has 0 aliphatic carbocycles. The second-order valence-electron chi connectivity index (χ2n) is 16.2. The van der Waals surface area contributed by atoms with Crippen molar-refractivity contribution in [3.8, 4) is 0 Å². The number of carbonyl (C=O) groups is 2. The topological polar surface area (TPSA) is 74.6 Å². The highest BCUT2D eigenvalue weighted by atomic mass is 16.4. The van der Waals surface area contributed by atoms with E-state index in [9.17, 15) is 9.59 Å². The largest absolute Gasteiger partial charge is 0.478 e. The maximum Gasteiger partial charge on any atom is 0.327 e. The van der Waals surface area contributed by atoms with Gasteiger partial charge in [0.05, 0.1) is 0 Å². The minimum Gasteiger partial charge on any atom is -0.478 e. The Morgan fingerprint density at radius 2 is 0.346 bits per heavy atom. The molecule has 0 aromatic heterocycles. The van der Waals surface area contributed by atoms with Crippen molar-refractivity contribution in [2.24, 2.45) is 0 Å². The fourth-order valence-corrected chi connectivity index (χ4v) is 7.61. The smallest absolute Gasteiger partial charge is 0.327 e. The number of allylic oxidation sites excluding steroid dienone is 2. The van der Waals surface area contributed by atoms with Crippen molar-refractivity contribution in [2.75, 3.05) is 0 Å². The van der Waals surface area contributed by atoms with Gasteiger partial charge in [-0.3, -0.25) is 0 Å². The molecule has 0 fully saturated rings. The normalized spacial score (nSPS) is 11.8. The van der Waals surface area contributed by atoms with Crippen molar-refractivity contribution in [1.82, 2.24) is 0 Å². The Balaban J connectivity index is 3.08. The lowest BCUT2D eigenvalue weighted by atomic mass is 10.0. The second kappa shape index (κ2) is 45.6. The van der Waals surface area contributed by atoms with E-state index in [1.807, 2.05) is 0 Å². The molecule has 4 heteroatoms. The molecule has 52 heavy (non-hydrogen) atoms. The van der Waals surface area contributed by atoms with Crippen LogP contribution in [0.3, 0.4) is 0 Å². The molecule has 0 amide bonds. The van der Waals surface area contributed by atoms with Crippen LogP contribution in [0, 0.1) is 0 Å². The SMILES string of the molecule is O=C(O)C=CCCCCCCCCCCCCCCCCCCCCCCCCCCCCCCCCCCCCCCCCCCC=CC(=O)O. The maximum atomic E-state index is 10.4. The fraction of sp³-hybridized carbons (Fsp3) is 0.875. The Bertz CT molecular complexity index is 708. The lowest BCUT2D eigenvalue weighted by molar-refractivity contribution is -0.132. The summed E-state index contributed by atoms with van der Waals surface area (Å²) >= 11 is 0. The van der Waals surface area contributed by atoms with Crippen LogP contribution >= 0.6 is 0 Å². The minimum absolute atomic E-state index is 0.831. The number of unbranched alkanes of at least 4 members (excludes halogenated alkanes) is 41. The van der Waals surface area contributed by atoms with Crippen molar-refractivity contribution in [3.63, 3.8) is 0 Å². The highest BCUT2D eigenvalue weighted by Crippen LogP contribution is 2.18. The van der Waals surface area contributed by atoms with Gasteiger partial charge in [0.1, 0.15) is 0 Å². The van der Waals surface area contributed by atoms with Gasteiger partial charge in [0, 0.05) is 12.2 Å².